The highest BCUT2D eigenvalue weighted by molar-refractivity contribution is 5.51. The molecule has 0 bridgehead atoms. The molecule has 15 heavy (non-hydrogen) atoms. The van der Waals surface area contributed by atoms with Gasteiger partial charge in [-0.15, -0.1) is 0 Å². The van der Waals surface area contributed by atoms with E-state index in [2.05, 4.69) is 0 Å². The van der Waals surface area contributed by atoms with Crippen molar-refractivity contribution in [3.63, 3.8) is 0 Å². The van der Waals surface area contributed by atoms with E-state index in [0.717, 1.165) is 17.4 Å². The zero-order valence-electron chi connectivity index (χ0n) is 9.46. The molecule has 1 aromatic carbocycles. The van der Waals surface area contributed by atoms with E-state index in [1.807, 2.05) is 26.8 Å². The summed E-state index contributed by atoms with van der Waals surface area (Å²) in [7, 11) is 0. The summed E-state index contributed by atoms with van der Waals surface area (Å²) in [4.78, 5) is 10.4. The van der Waals surface area contributed by atoms with E-state index in [-0.39, 0.29) is 11.7 Å². The number of hydrogen-bond acceptors (Lipinski definition) is 1. The molecule has 1 nitrogen and oxygen atoms in total. The first-order valence-corrected chi connectivity index (χ1v) is 5.28. The fourth-order valence-electron chi connectivity index (χ4n) is 1.53. The Morgan fingerprint density at radius 3 is 2.33 bits per heavy atom. The lowest BCUT2D eigenvalue weighted by atomic mass is 9.93. The van der Waals surface area contributed by atoms with Crippen molar-refractivity contribution in [2.75, 3.05) is 0 Å². The maximum absolute atomic E-state index is 13.3. The van der Waals surface area contributed by atoms with Crippen LogP contribution in [0.5, 0.6) is 0 Å². The van der Waals surface area contributed by atoms with Crippen molar-refractivity contribution in [3.8, 4) is 0 Å². The van der Waals surface area contributed by atoms with Crippen molar-refractivity contribution in [2.24, 2.45) is 0 Å². The van der Waals surface area contributed by atoms with E-state index in [1.165, 1.54) is 6.07 Å². The molecular weight excluding hydrogens is 191 g/mol. The molecule has 0 radical (unpaired) electrons. The molecule has 0 N–H and O–H groups in total. The summed E-state index contributed by atoms with van der Waals surface area (Å²) in [5.74, 6) is 0.188. The highest BCUT2D eigenvalue weighted by Crippen LogP contribution is 2.24. The molecule has 0 heterocycles. The fraction of sp³-hybridized carbons (Fsp3) is 0.462. The summed E-state index contributed by atoms with van der Waals surface area (Å²) in [6, 6.07) is 5.06. The van der Waals surface area contributed by atoms with Crippen LogP contribution in [0.15, 0.2) is 18.2 Å². The van der Waals surface area contributed by atoms with Crippen LogP contribution in [0.3, 0.4) is 0 Å². The second-order valence-electron chi connectivity index (χ2n) is 4.28. The number of benzene rings is 1. The maximum Gasteiger partial charge on any atom is 0.123 e. The predicted octanol–water partition coefficient (Wildman–Crippen LogP) is 3.64. The van der Waals surface area contributed by atoms with Gasteiger partial charge in [-0.1, -0.05) is 26.8 Å². The lowest BCUT2D eigenvalue weighted by Gasteiger charge is -2.12. The summed E-state index contributed by atoms with van der Waals surface area (Å²) in [5.41, 5.74) is 1.90. The Morgan fingerprint density at radius 1 is 1.20 bits per heavy atom. The van der Waals surface area contributed by atoms with Crippen molar-refractivity contribution in [2.45, 2.75) is 39.0 Å². The van der Waals surface area contributed by atoms with Crippen LogP contribution in [0.25, 0.3) is 0 Å². The van der Waals surface area contributed by atoms with Gasteiger partial charge in [0.2, 0.25) is 0 Å². The molecule has 0 aliphatic heterocycles. The Balaban J connectivity index is 3.02. The van der Waals surface area contributed by atoms with Gasteiger partial charge in [-0.05, 0) is 35.1 Å². The van der Waals surface area contributed by atoms with Crippen LogP contribution in [-0.2, 0) is 4.79 Å². The van der Waals surface area contributed by atoms with E-state index in [0.29, 0.717) is 12.3 Å². The second-order valence-corrected chi connectivity index (χ2v) is 4.28. The third-order valence-corrected chi connectivity index (χ3v) is 2.63. The Kier molecular flexibility index (Phi) is 4.01. The van der Waals surface area contributed by atoms with Gasteiger partial charge in [-0.25, -0.2) is 4.39 Å². The third-order valence-electron chi connectivity index (χ3n) is 2.63. The molecule has 1 atom stereocenters. The first-order valence-electron chi connectivity index (χ1n) is 5.28. The van der Waals surface area contributed by atoms with Gasteiger partial charge in [0.1, 0.15) is 12.1 Å². The average molecular weight is 208 g/mol. The third kappa shape index (κ3) is 3.15. The van der Waals surface area contributed by atoms with Gasteiger partial charge in [0.15, 0.2) is 0 Å². The molecule has 0 aliphatic rings. The van der Waals surface area contributed by atoms with Crippen LogP contribution in [0.2, 0.25) is 0 Å². The molecular formula is C13H17FO. The summed E-state index contributed by atoms with van der Waals surface area (Å²) in [5, 5.41) is 0. The number of halogens is 1. The fourth-order valence-corrected chi connectivity index (χ4v) is 1.53. The zero-order chi connectivity index (χ0) is 11.4. The molecule has 0 aliphatic carbocycles. The molecule has 1 aromatic rings. The van der Waals surface area contributed by atoms with Gasteiger partial charge in [0.25, 0.3) is 0 Å². The van der Waals surface area contributed by atoms with Crippen LogP contribution < -0.4 is 0 Å². The quantitative estimate of drug-likeness (QED) is 0.690. The standard InChI is InChI=1S/C13H17FO/c1-9(2)11-6-12(8-13(14)7-11)10(3)4-5-15/h5-10H,4H2,1-3H3. The molecule has 2 heteroatoms. The van der Waals surface area contributed by atoms with Crippen molar-refractivity contribution in [1.29, 1.82) is 0 Å². The van der Waals surface area contributed by atoms with Crippen molar-refractivity contribution < 1.29 is 9.18 Å². The first kappa shape index (κ1) is 11.9. The monoisotopic (exact) mass is 208 g/mol. The largest absolute Gasteiger partial charge is 0.303 e. The van der Waals surface area contributed by atoms with E-state index >= 15 is 0 Å². The second kappa shape index (κ2) is 5.06. The Morgan fingerprint density at radius 2 is 1.80 bits per heavy atom. The lowest BCUT2D eigenvalue weighted by molar-refractivity contribution is -0.108. The number of rotatable bonds is 4. The van der Waals surface area contributed by atoms with Crippen molar-refractivity contribution in [3.05, 3.63) is 35.1 Å². The topological polar surface area (TPSA) is 17.1 Å². The van der Waals surface area contributed by atoms with E-state index < -0.39 is 0 Å². The number of carbonyl (C=O) groups excluding carboxylic acids is 1. The first-order chi connectivity index (χ1) is 7.04. The van der Waals surface area contributed by atoms with Crippen LogP contribution in [0.1, 0.15) is 50.2 Å². The highest BCUT2D eigenvalue weighted by atomic mass is 19.1. The highest BCUT2D eigenvalue weighted by Gasteiger charge is 2.09. The van der Waals surface area contributed by atoms with Gasteiger partial charge in [0.05, 0.1) is 0 Å². The Labute approximate surface area is 90.3 Å². The molecule has 82 valence electrons. The summed E-state index contributed by atoms with van der Waals surface area (Å²) < 4.78 is 13.3. The van der Waals surface area contributed by atoms with E-state index in [1.54, 1.807) is 6.07 Å². The van der Waals surface area contributed by atoms with Crippen molar-refractivity contribution in [1.82, 2.24) is 0 Å². The summed E-state index contributed by atoms with van der Waals surface area (Å²) >= 11 is 0. The van der Waals surface area contributed by atoms with Crippen LogP contribution in [-0.4, -0.2) is 6.29 Å². The molecule has 0 spiro atoms. The average Bonchev–Trinajstić information content (AvgIpc) is 2.17. The number of hydrogen-bond donors (Lipinski definition) is 0. The molecule has 0 aromatic heterocycles. The van der Waals surface area contributed by atoms with Gasteiger partial charge < -0.3 is 4.79 Å². The summed E-state index contributed by atoms with van der Waals surface area (Å²) in [6.45, 7) is 6.00. The van der Waals surface area contributed by atoms with Gasteiger partial charge >= 0.3 is 0 Å². The smallest absolute Gasteiger partial charge is 0.123 e. The van der Waals surface area contributed by atoms with Gasteiger partial charge in [-0.3, -0.25) is 0 Å². The van der Waals surface area contributed by atoms with Crippen LogP contribution >= 0.6 is 0 Å². The van der Waals surface area contributed by atoms with Crippen LogP contribution in [0.4, 0.5) is 4.39 Å². The van der Waals surface area contributed by atoms with Gasteiger partial charge in [-0.2, -0.15) is 0 Å². The molecule has 0 amide bonds. The molecule has 0 saturated heterocycles. The van der Waals surface area contributed by atoms with Crippen molar-refractivity contribution >= 4 is 6.29 Å². The number of aldehydes is 1. The molecule has 1 rings (SSSR count). The van der Waals surface area contributed by atoms with E-state index in [4.69, 9.17) is 0 Å². The number of carbonyl (C=O) groups is 1. The minimum absolute atomic E-state index is 0.0932. The molecule has 0 saturated carbocycles. The SMILES string of the molecule is CC(C)c1cc(F)cc(C(C)CC=O)c1. The Hall–Kier alpha value is -1.18. The molecule has 0 fully saturated rings. The maximum atomic E-state index is 13.3. The normalized spacial score (nSPS) is 12.9. The summed E-state index contributed by atoms with van der Waals surface area (Å²) in [6.07, 6.45) is 1.33. The minimum atomic E-state index is -0.214. The van der Waals surface area contributed by atoms with Gasteiger partial charge in [0, 0.05) is 6.42 Å². The zero-order valence-corrected chi connectivity index (χ0v) is 9.46. The minimum Gasteiger partial charge on any atom is -0.303 e. The molecule has 1 unspecified atom stereocenters. The Bertz CT molecular complexity index is 344. The van der Waals surface area contributed by atoms with Crippen LogP contribution in [0, 0.1) is 5.82 Å². The predicted molar refractivity (Wildman–Crippen MR) is 59.6 cm³/mol. The van der Waals surface area contributed by atoms with E-state index in [9.17, 15) is 9.18 Å². The lowest BCUT2D eigenvalue weighted by Crippen LogP contribution is -1.98.